The van der Waals surface area contributed by atoms with E-state index in [-0.39, 0.29) is 16.2 Å². The number of nitrogens with one attached hydrogen (secondary N) is 1. The summed E-state index contributed by atoms with van der Waals surface area (Å²) in [6.07, 6.45) is 0. The Labute approximate surface area is 129 Å². The van der Waals surface area contributed by atoms with Crippen LogP contribution in [0, 0.1) is 11.6 Å². The SMILES string of the molecule is NC(=S)c1ccc(NCc2ccc(Br)cc2)c(F)c1F. The second-order valence-corrected chi connectivity index (χ2v) is 5.49. The number of benzene rings is 2. The maximum Gasteiger partial charge on any atom is 0.182 e. The van der Waals surface area contributed by atoms with Gasteiger partial charge in [0.2, 0.25) is 0 Å². The highest BCUT2D eigenvalue weighted by atomic mass is 79.9. The first-order chi connectivity index (χ1) is 9.49. The molecule has 2 aromatic rings. The zero-order valence-electron chi connectivity index (χ0n) is 10.3. The molecule has 20 heavy (non-hydrogen) atoms. The topological polar surface area (TPSA) is 38.0 Å². The van der Waals surface area contributed by atoms with Crippen LogP contribution in [0.3, 0.4) is 0 Å². The van der Waals surface area contributed by atoms with Crippen LogP contribution in [0.2, 0.25) is 0 Å². The second-order valence-electron chi connectivity index (χ2n) is 4.13. The molecule has 0 amide bonds. The first-order valence-electron chi connectivity index (χ1n) is 5.75. The van der Waals surface area contributed by atoms with E-state index in [0.717, 1.165) is 10.0 Å². The number of hydrogen-bond donors (Lipinski definition) is 2. The Hall–Kier alpha value is -1.53. The van der Waals surface area contributed by atoms with Crippen LogP contribution in [-0.4, -0.2) is 4.99 Å². The zero-order valence-corrected chi connectivity index (χ0v) is 12.7. The molecular weight excluding hydrogens is 346 g/mol. The fourth-order valence-corrected chi connectivity index (χ4v) is 2.10. The lowest BCUT2D eigenvalue weighted by molar-refractivity contribution is 0.509. The van der Waals surface area contributed by atoms with Crippen LogP contribution in [0.5, 0.6) is 0 Å². The monoisotopic (exact) mass is 356 g/mol. The van der Waals surface area contributed by atoms with Gasteiger partial charge in [0.15, 0.2) is 11.6 Å². The smallest absolute Gasteiger partial charge is 0.182 e. The predicted octanol–water partition coefficient (Wildman–Crippen LogP) is 3.97. The Morgan fingerprint density at radius 2 is 1.75 bits per heavy atom. The molecule has 0 aliphatic carbocycles. The molecule has 3 N–H and O–H groups in total. The van der Waals surface area contributed by atoms with Gasteiger partial charge in [-0.1, -0.05) is 40.3 Å². The molecule has 0 saturated heterocycles. The molecule has 0 fully saturated rings. The Bertz CT molecular complexity index is 644. The van der Waals surface area contributed by atoms with E-state index in [1.165, 1.54) is 12.1 Å². The molecule has 0 unspecified atom stereocenters. The van der Waals surface area contributed by atoms with Crippen molar-refractivity contribution in [2.24, 2.45) is 5.73 Å². The molecule has 6 heteroatoms. The Kier molecular flexibility index (Phi) is 4.67. The predicted molar refractivity (Wildman–Crippen MR) is 83.7 cm³/mol. The molecule has 0 bridgehead atoms. The van der Waals surface area contributed by atoms with Crippen molar-refractivity contribution in [1.82, 2.24) is 0 Å². The maximum absolute atomic E-state index is 13.8. The Balaban J connectivity index is 2.16. The van der Waals surface area contributed by atoms with Gasteiger partial charge in [-0.25, -0.2) is 8.78 Å². The number of rotatable bonds is 4. The summed E-state index contributed by atoms with van der Waals surface area (Å²) in [4.78, 5) is -0.166. The average molecular weight is 357 g/mol. The maximum atomic E-state index is 13.8. The highest BCUT2D eigenvalue weighted by molar-refractivity contribution is 9.10. The summed E-state index contributed by atoms with van der Waals surface area (Å²) in [7, 11) is 0. The minimum Gasteiger partial charge on any atom is -0.389 e. The summed E-state index contributed by atoms with van der Waals surface area (Å²) in [5.74, 6) is -2.01. The number of hydrogen-bond acceptors (Lipinski definition) is 2. The van der Waals surface area contributed by atoms with E-state index >= 15 is 0 Å². The van der Waals surface area contributed by atoms with E-state index in [0.29, 0.717) is 6.54 Å². The fraction of sp³-hybridized carbons (Fsp3) is 0.0714. The molecule has 2 rings (SSSR count). The molecule has 2 nitrogen and oxygen atoms in total. The molecular formula is C14H11BrF2N2S. The summed E-state index contributed by atoms with van der Waals surface area (Å²) in [6, 6.07) is 10.3. The largest absolute Gasteiger partial charge is 0.389 e. The Morgan fingerprint density at radius 1 is 1.10 bits per heavy atom. The summed E-state index contributed by atoms with van der Waals surface area (Å²) in [5.41, 5.74) is 6.25. The van der Waals surface area contributed by atoms with Gasteiger partial charge in [-0.2, -0.15) is 0 Å². The van der Waals surface area contributed by atoms with E-state index in [9.17, 15) is 8.78 Å². The third-order valence-electron chi connectivity index (χ3n) is 2.74. The molecule has 0 heterocycles. The van der Waals surface area contributed by atoms with Crippen LogP contribution in [0.1, 0.15) is 11.1 Å². The van der Waals surface area contributed by atoms with Gasteiger partial charge in [0.1, 0.15) is 4.99 Å². The van der Waals surface area contributed by atoms with E-state index < -0.39 is 11.6 Å². The van der Waals surface area contributed by atoms with Crippen LogP contribution in [0.25, 0.3) is 0 Å². The normalized spacial score (nSPS) is 10.3. The van der Waals surface area contributed by atoms with Crippen molar-refractivity contribution in [1.29, 1.82) is 0 Å². The van der Waals surface area contributed by atoms with Gasteiger partial charge in [-0.05, 0) is 29.8 Å². The standard InChI is InChI=1S/C14H11BrF2N2S/c15-9-3-1-8(2-4-9)7-19-11-6-5-10(14(18)20)12(16)13(11)17/h1-6,19H,7H2,(H2,18,20). The lowest BCUT2D eigenvalue weighted by Gasteiger charge is -2.10. The molecule has 0 spiro atoms. The van der Waals surface area contributed by atoms with E-state index in [1.807, 2.05) is 24.3 Å². The molecule has 0 atom stereocenters. The third kappa shape index (κ3) is 3.32. The lowest BCUT2D eigenvalue weighted by Crippen LogP contribution is -2.13. The van der Waals surface area contributed by atoms with Crippen LogP contribution in [0.4, 0.5) is 14.5 Å². The minimum absolute atomic E-state index is 0.0745. The van der Waals surface area contributed by atoms with Gasteiger partial charge in [0, 0.05) is 16.6 Å². The van der Waals surface area contributed by atoms with Gasteiger partial charge in [-0.15, -0.1) is 0 Å². The zero-order chi connectivity index (χ0) is 14.7. The molecule has 0 radical (unpaired) electrons. The minimum atomic E-state index is -1.03. The summed E-state index contributed by atoms with van der Waals surface area (Å²) < 4.78 is 28.5. The van der Waals surface area contributed by atoms with Crippen LogP contribution < -0.4 is 11.1 Å². The number of nitrogens with two attached hydrogens (primary N) is 1. The van der Waals surface area contributed by atoms with Crippen molar-refractivity contribution in [3.63, 3.8) is 0 Å². The number of anilines is 1. The number of halogens is 3. The summed E-state index contributed by atoms with van der Waals surface area (Å²) >= 11 is 7.98. The molecule has 104 valence electrons. The molecule has 2 aromatic carbocycles. The summed E-state index contributed by atoms with van der Waals surface area (Å²) in [6.45, 7) is 0.385. The van der Waals surface area contributed by atoms with Gasteiger partial charge < -0.3 is 11.1 Å². The molecule has 0 aliphatic rings. The van der Waals surface area contributed by atoms with Gasteiger partial charge in [-0.3, -0.25) is 0 Å². The average Bonchev–Trinajstić information content (AvgIpc) is 2.42. The second kappa shape index (κ2) is 6.28. The van der Waals surface area contributed by atoms with Crippen molar-refractivity contribution in [2.45, 2.75) is 6.54 Å². The van der Waals surface area contributed by atoms with Crippen molar-refractivity contribution in [3.8, 4) is 0 Å². The van der Waals surface area contributed by atoms with Crippen molar-refractivity contribution in [2.75, 3.05) is 5.32 Å². The van der Waals surface area contributed by atoms with Crippen LogP contribution in [-0.2, 0) is 6.54 Å². The fourth-order valence-electron chi connectivity index (χ4n) is 1.68. The van der Waals surface area contributed by atoms with E-state index in [4.69, 9.17) is 5.73 Å². The van der Waals surface area contributed by atoms with E-state index in [2.05, 4.69) is 33.5 Å². The third-order valence-corrected chi connectivity index (χ3v) is 3.49. The highest BCUT2D eigenvalue weighted by Crippen LogP contribution is 2.21. The van der Waals surface area contributed by atoms with E-state index in [1.54, 1.807) is 0 Å². The number of thiocarbonyl (C=S) groups is 1. The van der Waals surface area contributed by atoms with Crippen LogP contribution in [0.15, 0.2) is 40.9 Å². The summed E-state index contributed by atoms with van der Waals surface area (Å²) in [5, 5.41) is 2.84. The van der Waals surface area contributed by atoms with Gasteiger partial charge in [0.05, 0.1) is 5.69 Å². The first kappa shape index (κ1) is 14.9. The molecule has 0 aliphatic heterocycles. The van der Waals surface area contributed by atoms with Crippen molar-refractivity contribution in [3.05, 3.63) is 63.6 Å². The Morgan fingerprint density at radius 3 is 2.35 bits per heavy atom. The van der Waals surface area contributed by atoms with Crippen molar-refractivity contribution < 1.29 is 8.78 Å². The van der Waals surface area contributed by atoms with Crippen LogP contribution >= 0.6 is 28.1 Å². The lowest BCUT2D eigenvalue weighted by atomic mass is 10.1. The first-order valence-corrected chi connectivity index (χ1v) is 6.95. The van der Waals surface area contributed by atoms with Crippen molar-refractivity contribution >= 4 is 38.8 Å². The molecule has 0 aromatic heterocycles. The van der Waals surface area contributed by atoms with Gasteiger partial charge >= 0.3 is 0 Å². The quantitative estimate of drug-likeness (QED) is 0.814. The highest BCUT2D eigenvalue weighted by Gasteiger charge is 2.14. The van der Waals surface area contributed by atoms with Gasteiger partial charge in [0.25, 0.3) is 0 Å². The molecule has 0 saturated carbocycles.